The maximum Gasteiger partial charge on any atom is 0.311 e. The molecule has 0 bridgehead atoms. The molecular formula is C15H27NO4. The molecule has 1 fully saturated rings. The first-order valence-corrected chi connectivity index (χ1v) is 7.29. The van der Waals surface area contributed by atoms with Gasteiger partial charge in [0.15, 0.2) is 0 Å². The summed E-state index contributed by atoms with van der Waals surface area (Å²) in [6.07, 6.45) is 4.05. The monoisotopic (exact) mass is 285 g/mol. The number of esters is 2. The van der Waals surface area contributed by atoms with Crippen LogP contribution in [-0.2, 0) is 19.1 Å². The van der Waals surface area contributed by atoms with Crippen molar-refractivity contribution < 1.29 is 19.1 Å². The lowest BCUT2D eigenvalue weighted by atomic mass is 9.82. The van der Waals surface area contributed by atoms with Gasteiger partial charge in [0.1, 0.15) is 0 Å². The van der Waals surface area contributed by atoms with Crippen LogP contribution in [0.15, 0.2) is 0 Å². The molecule has 1 rings (SSSR count). The normalized spacial score (nSPS) is 18.4. The fourth-order valence-corrected chi connectivity index (χ4v) is 2.82. The third-order valence-corrected chi connectivity index (χ3v) is 3.96. The molecule has 0 amide bonds. The molecule has 1 atom stereocenters. The van der Waals surface area contributed by atoms with Gasteiger partial charge in [0.25, 0.3) is 0 Å². The molecule has 0 aliphatic carbocycles. The molecule has 5 nitrogen and oxygen atoms in total. The Kier molecular flexibility index (Phi) is 6.46. The molecule has 0 aromatic carbocycles. The zero-order valence-corrected chi connectivity index (χ0v) is 13.1. The van der Waals surface area contributed by atoms with Crippen LogP contribution in [0.2, 0.25) is 0 Å². The van der Waals surface area contributed by atoms with Gasteiger partial charge in [0.2, 0.25) is 0 Å². The summed E-state index contributed by atoms with van der Waals surface area (Å²) in [7, 11) is 2.78. The number of rotatable bonds is 6. The predicted octanol–water partition coefficient (Wildman–Crippen LogP) is 1.85. The molecule has 1 heterocycles. The van der Waals surface area contributed by atoms with Crippen molar-refractivity contribution in [3.8, 4) is 0 Å². The van der Waals surface area contributed by atoms with E-state index in [0.717, 1.165) is 13.1 Å². The highest BCUT2D eigenvalue weighted by atomic mass is 16.5. The van der Waals surface area contributed by atoms with Gasteiger partial charge in [-0.15, -0.1) is 0 Å². The highest BCUT2D eigenvalue weighted by Gasteiger charge is 2.36. The van der Waals surface area contributed by atoms with Crippen molar-refractivity contribution in [1.29, 1.82) is 0 Å². The van der Waals surface area contributed by atoms with Crippen molar-refractivity contribution in [2.75, 3.05) is 33.9 Å². The number of nitrogens with zero attached hydrogens (tertiary/aromatic N) is 1. The van der Waals surface area contributed by atoms with E-state index in [0.29, 0.717) is 13.0 Å². The van der Waals surface area contributed by atoms with E-state index < -0.39 is 5.41 Å². The summed E-state index contributed by atoms with van der Waals surface area (Å²) in [5, 5.41) is 0. The van der Waals surface area contributed by atoms with Gasteiger partial charge in [-0.2, -0.15) is 0 Å². The smallest absolute Gasteiger partial charge is 0.311 e. The second-order valence-electron chi connectivity index (χ2n) is 6.16. The maximum atomic E-state index is 12.0. The molecule has 0 aromatic rings. The number of piperidine rings is 1. The Morgan fingerprint density at radius 1 is 1.10 bits per heavy atom. The molecule has 0 aromatic heterocycles. The van der Waals surface area contributed by atoms with Gasteiger partial charge in [-0.25, -0.2) is 0 Å². The molecule has 1 saturated heterocycles. The van der Waals surface area contributed by atoms with Crippen molar-refractivity contribution in [1.82, 2.24) is 4.90 Å². The Morgan fingerprint density at radius 2 is 1.70 bits per heavy atom. The van der Waals surface area contributed by atoms with Crippen LogP contribution in [0, 0.1) is 11.3 Å². The average molecular weight is 285 g/mol. The maximum absolute atomic E-state index is 12.0. The van der Waals surface area contributed by atoms with Crippen LogP contribution in [0.3, 0.4) is 0 Å². The Bertz CT molecular complexity index is 335. The van der Waals surface area contributed by atoms with Gasteiger partial charge in [-0.3, -0.25) is 9.59 Å². The summed E-state index contributed by atoms with van der Waals surface area (Å²) in [5.74, 6) is -0.815. The molecule has 1 unspecified atom stereocenters. The fourth-order valence-electron chi connectivity index (χ4n) is 2.82. The number of carbonyl (C=O) groups is 2. The van der Waals surface area contributed by atoms with E-state index in [-0.39, 0.29) is 17.9 Å². The van der Waals surface area contributed by atoms with Crippen LogP contribution in [0.5, 0.6) is 0 Å². The lowest BCUT2D eigenvalue weighted by molar-refractivity contribution is -0.155. The molecule has 116 valence electrons. The summed E-state index contributed by atoms with van der Waals surface area (Å²) in [4.78, 5) is 26.0. The van der Waals surface area contributed by atoms with Crippen molar-refractivity contribution >= 4 is 11.9 Å². The summed E-state index contributed by atoms with van der Waals surface area (Å²) in [6.45, 7) is 6.32. The molecule has 0 spiro atoms. The highest BCUT2D eigenvalue weighted by molar-refractivity contribution is 5.78. The molecule has 20 heavy (non-hydrogen) atoms. The number of hydrogen-bond donors (Lipinski definition) is 0. The lowest BCUT2D eigenvalue weighted by Crippen LogP contribution is -2.40. The third kappa shape index (κ3) is 4.78. The number of methoxy groups -OCH3 is 2. The van der Waals surface area contributed by atoms with Crippen LogP contribution < -0.4 is 0 Å². The zero-order chi connectivity index (χ0) is 15.2. The highest BCUT2D eigenvalue weighted by Crippen LogP contribution is 2.28. The van der Waals surface area contributed by atoms with E-state index in [1.165, 1.54) is 33.5 Å². The third-order valence-electron chi connectivity index (χ3n) is 3.96. The molecule has 1 aliphatic rings. The molecule has 5 heteroatoms. The summed E-state index contributed by atoms with van der Waals surface area (Å²) < 4.78 is 9.71. The van der Waals surface area contributed by atoms with Gasteiger partial charge in [0.05, 0.1) is 25.6 Å². The van der Waals surface area contributed by atoms with E-state index in [1.807, 2.05) is 13.8 Å². The Morgan fingerprint density at radius 3 is 2.20 bits per heavy atom. The number of carbonyl (C=O) groups excluding carboxylic acids is 2. The molecular weight excluding hydrogens is 258 g/mol. The lowest BCUT2D eigenvalue weighted by Gasteiger charge is -2.32. The quantitative estimate of drug-likeness (QED) is 0.697. The topological polar surface area (TPSA) is 55.8 Å². The van der Waals surface area contributed by atoms with Crippen LogP contribution in [0.25, 0.3) is 0 Å². The van der Waals surface area contributed by atoms with Gasteiger partial charge in [-0.1, -0.05) is 6.42 Å². The predicted molar refractivity (Wildman–Crippen MR) is 76.2 cm³/mol. The first-order chi connectivity index (χ1) is 9.40. The van der Waals surface area contributed by atoms with E-state index in [4.69, 9.17) is 9.47 Å². The molecule has 0 N–H and O–H groups in total. The van der Waals surface area contributed by atoms with Crippen LogP contribution in [0.4, 0.5) is 0 Å². The minimum absolute atomic E-state index is 0.243. The van der Waals surface area contributed by atoms with E-state index in [1.54, 1.807) is 0 Å². The Labute approximate surface area is 121 Å². The molecule has 0 saturated carbocycles. The number of likely N-dealkylation sites (tertiary alicyclic amines) is 1. The summed E-state index contributed by atoms with van der Waals surface area (Å²) in [6, 6.07) is 0. The minimum atomic E-state index is -0.677. The number of ether oxygens (including phenoxy) is 2. The largest absolute Gasteiger partial charge is 0.469 e. The van der Waals surface area contributed by atoms with E-state index in [9.17, 15) is 9.59 Å². The fraction of sp³-hybridized carbons (Fsp3) is 0.867. The Balaban J connectivity index is 2.68. The first kappa shape index (κ1) is 17.0. The van der Waals surface area contributed by atoms with Gasteiger partial charge in [-0.05, 0) is 46.2 Å². The van der Waals surface area contributed by atoms with Crippen molar-refractivity contribution in [3.63, 3.8) is 0 Å². The average Bonchev–Trinajstić information content (AvgIpc) is 2.45. The standard InChI is InChI=1S/C15H27NO4/c1-15(2,14(18)20-4)10-12(13(17)19-3)11-16-8-6-5-7-9-16/h12H,5-11H2,1-4H3. The Hall–Kier alpha value is -1.10. The van der Waals surface area contributed by atoms with Gasteiger partial charge in [0, 0.05) is 6.54 Å². The SMILES string of the molecule is COC(=O)C(CN1CCCCC1)CC(C)(C)C(=O)OC. The van der Waals surface area contributed by atoms with E-state index >= 15 is 0 Å². The van der Waals surface area contributed by atoms with Crippen LogP contribution in [-0.4, -0.2) is 50.7 Å². The second kappa shape index (κ2) is 7.62. The second-order valence-corrected chi connectivity index (χ2v) is 6.16. The molecule has 1 aliphatic heterocycles. The zero-order valence-electron chi connectivity index (χ0n) is 13.1. The van der Waals surface area contributed by atoms with Gasteiger partial charge >= 0.3 is 11.9 Å². The van der Waals surface area contributed by atoms with Crippen LogP contribution in [0.1, 0.15) is 39.5 Å². The summed E-state index contributed by atoms with van der Waals surface area (Å²) >= 11 is 0. The van der Waals surface area contributed by atoms with E-state index in [2.05, 4.69) is 4.90 Å². The molecule has 0 radical (unpaired) electrons. The minimum Gasteiger partial charge on any atom is -0.469 e. The summed E-state index contributed by atoms with van der Waals surface area (Å²) in [5.41, 5.74) is -0.677. The first-order valence-electron chi connectivity index (χ1n) is 7.29. The van der Waals surface area contributed by atoms with Crippen molar-refractivity contribution in [2.45, 2.75) is 39.5 Å². The van der Waals surface area contributed by atoms with Gasteiger partial charge < -0.3 is 14.4 Å². The van der Waals surface area contributed by atoms with Crippen molar-refractivity contribution in [3.05, 3.63) is 0 Å². The van der Waals surface area contributed by atoms with Crippen LogP contribution >= 0.6 is 0 Å². The number of hydrogen-bond acceptors (Lipinski definition) is 5. The van der Waals surface area contributed by atoms with Crippen molar-refractivity contribution in [2.24, 2.45) is 11.3 Å².